The monoisotopic (exact) mass is 524 g/mol. The zero-order valence-electron chi connectivity index (χ0n) is 21.1. The van der Waals surface area contributed by atoms with Gasteiger partial charge in [-0.05, 0) is 50.7 Å². The average Bonchev–Trinajstić information content (AvgIpc) is 3.25. The van der Waals surface area contributed by atoms with E-state index >= 15 is 0 Å². The summed E-state index contributed by atoms with van der Waals surface area (Å²) in [6, 6.07) is 6.76. The van der Waals surface area contributed by atoms with Gasteiger partial charge in [0.05, 0.1) is 29.5 Å². The van der Waals surface area contributed by atoms with Crippen molar-refractivity contribution in [2.24, 2.45) is 0 Å². The molecule has 3 N–H and O–H groups in total. The molecule has 1 aromatic heterocycles. The molecule has 4 heterocycles. The van der Waals surface area contributed by atoms with Gasteiger partial charge in [0.25, 0.3) is 5.91 Å². The summed E-state index contributed by atoms with van der Waals surface area (Å²) in [6.45, 7) is 4.14. The highest BCUT2D eigenvalue weighted by molar-refractivity contribution is 6.33. The molecule has 2 unspecified atom stereocenters. The molecule has 0 bridgehead atoms. The predicted octanol–water partition coefficient (Wildman–Crippen LogP) is 3.18. The largest absolute Gasteiger partial charge is 0.383 e. The molecule has 1 fully saturated rings. The van der Waals surface area contributed by atoms with Crippen molar-refractivity contribution in [2.45, 2.75) is 44.4 Å². The summed E-state index contributed by atoms with van der Waals surface area (Å²) >= 11 is 6.32. The first kappa shape index (κ1) is 26.8. The van der Waals surface area contributed by atoms with Gasteiger partial charge in [0.1, 0.15) is 6.29 Å². The number of nitrogens with zero attached hydrogens (tertiary/aromatic N) is 3. The number of hydrogen-bond donors (Lipinski definition) is 3. The van der Waals surface area contributed by atoms with Crippen molar-refractivity contribution in [1.82, 2.24) is 25.5 Å². The predicted molar refractivity (Wildman–Crippen MR) is 144 cm³/mol. The average molecular weight is 525 g/mol. The lowest BCUT2D eigenvalue weighted by Crippen LogP contribution is -2.42. The van der Waals surface area contributed by atoms with Gasteiger partial charge in [0, 0.05) is 43.0 Å². The lowest BCUT2D eigenvalue weighted by Gasteiger charge is -2.23. The number of ether oxygens (including phenoxy) is 1. The first-order valence-electron chi connectivity index (χ1n) is 12.5. The van der Waals surface area contributed by atoms with Gasteiger partial charge < -0.3 is 30.4 Å². The summed E-state index contributed by atoms with van der Waals surface area (Å²) in [7, 11) is 1.97. The van der Waals surface area contributed by atoms with E-state index in [0.29, 0.717) is 40.9 Å². The number of likely N-dealkylation sites (N-methyl/N-ethyl adjacent to an activating group) is 1. The second-order valence-corrected chi connectivity index (χ2v) is 9.57. The molecule has 0 radical (unpaired) electrons. The van der Waals surface area contributed by atoms with Gasteiger partial charge in [-0.25, -0.2) is 9.97 Å². The van der Waals surface area contributed by atoms with E-state index in [2.05, 4.69) is 45.0 Å². The number of dihydropyridines is 1. The quantitative estimate of drug-likeness (QED) is 0.474. The van der Waals surface area contributed by atoms with E-state index in [9.17, 15) is 9.59 Å². The topological polar surface area (TPSA) is 108 Å². The number of carbonyl (C=O) groups is 2. The lowest BCUT2D eigenvalue weighted by atomic mass is 10.0. The standard InChI is InChI=1S/C19H19ClN4O3.C8H14N2/c20-16-10-21-19(22-14-3-7-27-8-4-14)23-17(16)12-1-2-13-11-24(5-6-25)18(26)15(13)9-12;1-7(9-2)8-5-3-4-6-10-8/h1-2,6,9-10,14H,3-5,7-8,11H2,(H,21,22,23);3-10H,1-2H3. The number of halogens is 1. The Hall–Kier alpha value is -3.27. The highest BCUT2D eigenvalue weighted by Crippen LogP contribution is 2.31. The Labute approximate surface area is 222 Å². The number of hydrogen-bond acceptors (Lipinski definition) is 8. The smallest absolute Gasteiger partial charge is 0.254 e. The van der Waals surface area contributed by atoms with Gasteiger partial charge in [-0.15, -0.1) is 0 Å². The van der Waals surface area contributed by atoms with Crippen LogP contribution in [0.5, 0.6) is 0 Å². The number of anilines is 1. The second-order valence-electron chi connectivity index (χ2n) is 9.16. The molecule has 9 nitrogen and oxygen atoms in total. The fourth-order valence-corrected chi connectivity index (χ4v) is 4.56. The number of allylic oxidation sites excluding steroid dienone is 2. The van der Waals surface area contributed by atoms with Crippen LogP contribution in [0.4, 0.5) is 5.95 Å². The van der Waals surface area contributed by atoms with Crippen LogP contribution in [0.2, 0.25) is 5.02 Å². The number of aromatic nitrogens is 2. The first-order chi connectivity index (χ1) is 18.0. The van der Waals surface area contributed by atoms with Crippen LogP contribution in [-0.4, -0.2) is 72.0 Å². The van der Waals surface area contributed by atoms with Gasteiger partial charge in [0.2, 0.25) is 5.95 Å². The zero-order valence-corrected chi connectivity index (χ0v) is 21.9. The molecule has 3 aliphatic rings. The van der Waals surface area contributed by atoms with Crippen LogP contribution in [0.25, 0.3) is 11.3 Å². The summed E-state index contributed by atoms with van der Waals surface area (Å²) in [6.07, 6.45) is 12.3. The van der Waals surface area contributed by atoms with Crippen LogP contribution in [0.15, 0.2) is 48.8 Å². The SMILES string of the molecule is CNC(C)C1C=CC=CN1.O=CCN1Cc2ccc(-c3nc(NC4CCOCC4)ncc3Cl)cc2C1=O. The molecule has 10 heteroatoms. The van der Waals surface area contributed by atoms with Crippen LogP contribution < -0.4 is 16.0 Å². The Morgan fingerprint density at radius 2 is 2.11 bits per heavy atom. The van der Waals surface area contributed by atoms with Crippen molar-refractivity contribution in [3.05, 3.63) is 65.0 Å². The Kier molecular flexibility index (Phi) is 9.27. The molecule has 1 amide bonds. The molecular formula is C27H33ClN6O3. The maximum absolute atomic E-state index is 12.5. The summed E-state index contributed by atoms with van der Waals surface area (Å²) < 4.78 is 5.37. The Morgan fingerprint density at radius 3 is 2.81 bits per heavy atom. The van der Waals surface area contributed by atoms with Gasteiger partial charge >= 0.3 is 0 Å². The number of carbonyl (C=O) groups excluding carboxylic acids is 2. The third-order valence-corrected chi connectivity index (χ3v) is 6.94. The molecule has 0 saturated carbocycles. The Bertz CT molecular complexity index is 1160. The fourth-order valence-electron chi connectivity index (χ4n) is 4.36. The number of rotatable bonds is 7. The van der Waals surface area contributed by atoms with Crippen LogP contribution in [0, 0.1) is 0 Å². The number of aldehydes is 1. The number of amides is 1. The van der Waals surface area contributed by atoms with Gasteiger partial charge in [0.15, 0.2) is 0 Å². The molecule has 5 rings (SSSR count). The summed E-state index contributed by atoms with van der Waals surface area (Å²) in [4.78, 5) is 33.6. The maximum Gasteiger partial charge on any atom is 0.254 e. The Morgan fingerprint density at radius 1 is 1.30 bits per heavy atom. The van der Waals surface area contributed by atoms with Crippen molar-refractivity contribution < 1.29 is 14.3 Å². The molecule has 0 spiro atoms. The minimum Gasteiger partial charge on any atom is -0.383 e. The van der Waals surface area contributed by atoms with E-state index in [1.165, 1.54) is 4.90 Å². The van der Waals surface area contributed by atoms with Crippen molar-refractivity contribution in [3.63, 3.8) is 0 Å². The molecular weight excluding hydrogens is 492 g/mol. The minimum absolute atomic E-state index is 0.0935. The highest BCUT2D eigenvalue weighted by atomic mass is 35.5. The van der Waals surface area contributed by atoms with Crippen LogP contribution in [0.3, 0.4) is 0 Å². The molecule has 1 saturated heterocycles. The van der Waals surface area contributed by atoms with E-state index in [1.807, 2.05) is 31.5 Å². The molecule has 37 heavy (non-hydrogen) atoms. The molecule has 2 atom stereocenters. The van der Waals surface area contributed by atoms with Crippen molar-refractivity contribution in [2.75, 3.05) is 32.1 Å². The van der Waals surface area contributed by atoms with E-state index in [1.54, 1.807) is 12.3 Å². The van der Waals surface area contributed by atoms with Crippen LogP contribution >= 0.6 is 11.6 Å². The van der Waals surface area contributed by atoms with Crippen LogP contribution in [0.1, 0.15) is 35.7 Å². The number of fused-ring (bicyclic) bond motifs is 1. The van der Waals surface area contributed by atoms with E-state index in [4.69, 9.17) is 16.3 Å². The highest BCUT2D eigenvalue weighted by Gasteiger charge is 2.27. The third-order valence-electron chi connectivity index (χ3n) is 6.66. The second kappa shape index (κ2) is 12.8. The third kappa shape index (κ3) is 6.74. The zero-order chi connectivity index (χ0) is 26.2. The van der Waals surface area contributed by atoms with Crippen molar-refractivity contribution >= 4 is 29.7 Å². The fraction of sp³-hybridized carbons (Fsp3) is 0.407. The molecule has 2 aromatic rings. The first-order valence-corrected chi connectivity index (χ1v) is 12.9. The van der Waals surface area contributed by atoms with Crippen molar-refractivity contribution in [1.29, 1.82) is 0 Å². The van der Waals surface area contributed by atoms with E-state index in [-0.39, 0.29) is 18.5 Å². The number of nitrogens with one attached hydrogen (secondary N) is 3. The van der Waals surface area contributed by atoms with Crippen LogP contribution in [-0.2, 0) is 16.1 Å². The molecule has 1 aromatic carbocycles. The normalized spacial score (nSPS) is 19.5. The lowest BCUT2D eigenvalue weighted by molar-refractivity contribution is -0.108. The molecule has 196 valence electrons. The van der Waals surface area contributed by atoms with Gasteiger partial charge in [-0.2, -0.15) is 0 Å². The van der Waals surface area contributed by atoms with Crippen molar-refractivity contribution in [3.8, 4) is 11.3 Å². The van der Waals surface area contributed by atoms with E-state index < -0.39 is 0 Å². The summed E-state index contributed by atoms with van der Waals surface area (Å²) in [5.41, 5.74) is 2.81. The summed E-state index contributed by atoms with van der Waals surface area (Å²) in [5.74, 6) is 0.361. The Balaban J connectivity index is 0.000000270. The minimum atomic E-state index is -0.148. The molecule has 0 aliphatic carbocycles. The van der Waals surface area contributed by atoms with E-state index in [0.717, 1.165) is 43.5 Å². The van der Waals surface area contributed by atoms with Gasteiger partial charge in [-0.1, -0.05) is 35.9 Å². The molecule has 3 aliphatic heterocycles. The maximum atomic E-state index is 12.5. The number of benzene rings is 1. The van der Waals surface area contributed by atoms with Gasteiger partial charge in [-0.3, -0.25) is 4.79 Å². The summed E-state index contributed by atoms with van der Waals surface area (Å²) in [5, 5.41) is 10.2.